The molecule has 0 radical (unpaired) electrons. The summed E-state index contributed by atoms with van der Waals surface area (Å²) < 4.78 is 11.6. The van der Waals surface area contributed by atoms with Crippen molar-refractivity contribution in [1.29, 1.82) is 0 Å². The third-order valence-electron chi connectivity index (χ3n) is 12.7. The Morgan fingerprint density at radius 1 is 0.565 bits per heavy atom. The van der Waals surface area contributed by atoms with Gasteiger partial charge in [0, 0.05) is 34.4 Å². The lowest BCUT2D eigenvalue weighted by molar-refractivity contribution is -0.385. The van der Waals surface area contributed by atoms with Gasteiger partial charge in [-0.2, -0.15) is 0 Å². The Morgan fingerprint density at radius 3 is 1.15 bits per heavy atom. The Balaban J connectivity index is 1.05. The standard InChI is InChI=1S/C35H34N2O9/c38-31-25-9-29(45-32(39)34-11-17-1-18(12-34)3-19(2-17)13-34)27(36(41)42)7-23(25)24-8-28(37(43)44)30(10-26(24)31)46-33(40)35-14-20-4-21(15-35)6-22(5-20)16-35/h7-10,17-22H,1-6,11-16H2. The Morgan fingerprint density at radius 2 is 0.870 bits per heavy atom. The maximum absolute atomic E-state index is 13.7. The first kappa shape index (κ1) is 28.1. The van der Waals surface area contributed by atoms with E-state index in [1.165, 1.54) is 12.1 Å². The number of ether oxygens (including phenoxy) is 2. The van der Waals surface area contributed by atoms with E-state index in [0.717, 1.165) is 89.2 Å². The number of carbonyl (C=O) groups is 3. The molecule has 11 nitrogen and oxygen atoms in total. The Hall–Kier alpha value is -4.15. The molecule has 0 saturated heterocycles. The molecule has 2 aromatic rings. The molecule has 11 rings (SSSR count). The van der Waals surface area contributed by atoms with Crippen molar-refractivity contribution in [3.63, 3.8) is 0 Å². The maximum Gasteiger partial charge on any atom is 0.317 e. The summed E-state index contributed by atoms with van der Waals surface area (Å²) in [6, 6.07) is 4.76. The first-order chi connectivity index (χ1) is 22.0. The van der Waals surface area contributed by atoms with Crippen LogP contribution in [0.15, 0.2) is 24.3 Å². The molecule has 46 heavy (non-hydrogen) atoms. The first-order valence-electron chi connectivity index (χ1n) is 16.6. The molecule has 0 aliphatic heterocycles. The fourth-order valence-electron chi connectivity index (χ4n) is 11.7. The molecule has 0 spiro atoms. The minimum Gasteiger partial charge on any atom is -0.419 e. The van der Waals surface area contributed by atoms with Crippen molar-refractivity contribution in [3.05, 3.63) is 55.6 Å². The number of benzene rings is 2. The number of nitro groups is 2. The molecule has 0 amide bonds. The van der Waals surface area contributed by atoms with Gasteiger partial charge in [-0.1, -0.05) is 0 Å². The molecule has 9 aliphatic rings. The molecule has 0 atom stereocenters. The van der Waals surface area contributed by atoms with Gasteiger partial charge in [0.1, 0.15) is 0 Å². The monoisotopic (exact) mass is 626 g/mol. The summed E-state index contributed by atoms with van der Waals surface area (Å²) in [6.07, 6.45) is 11.0. The van der Waals surface area contributed by atoms with E-state index in [1.54, 1.807) is 0 Å². The van der Waals surface area contributed by atoms with Crippen molar-refractivity contribution in [2.75, 3.05) is 0 Å². The highest BCUT2D eigenvalue weighted by molar-refractivity contribution is 6.22. The third kappa shape index (κ3) is 4.05. The van der Waals surface area contributed by atoms with Crippen LogP contribution in [-0.4, -0.2) is 27.6 Å². The molecule has 238 valence electrons. The number of nitro benzene ring substituents is 2. The lowest BCUT2D eigenvalue weighted by atomic mass is 9.49. The van der Waals surface area contributed by atoms with Gasteiger partial charge >= 0.3 is 23.3 Å². The summed E-state index contributed by atoms with van der Waals surface area (Å²) in [7, 11) is 0. The molecular weight excluding hydrogens is 592 g/mol. The van der Waals surface area contributed by atoms with Crippen molar-refractivity contribution in [2.45, 2.75) is 77.0 Å². The Kier molecular flexibility index (Phi) is 5.77. The number of ketones is 1. The lowest BCUT2D eigenvalue weighted by Crippen LogP contribution is -2.51. The van der Waals surface area contributed by atoms with Crippen LogP contribution in [0, 0.1) is 66.6 Å². The highest BCUT2D eigenvalue weighted by Gasteiger charge is 2.57. The van der Waals surface area contributed by atoms with E-state index in [1.807, 2.05) is 0 Å². The second-order valence-corrected chi connectivity index (χ2v) is 15.7. The zero-order chi connectivity index (χ0) is 31.7. The minimum absolute atomic E-state index is 0.0489. The van der Waals surface area contributed by atoms with E-state index < -0.39 is 49.8 Å². The second kappa shape index (κ2) is 9.45. The van der Waals surface area contributed by atoms with Gasteiger partial charge in [0.15, 0.2) is 5.78 Å². The number of carbonyl (C=O) groups excluding carboxylic acids is 3. The molecule has 0 unspecified atom stereocenters. The lowest BCUT2D eigenvalue weighted by Gasteiger charge is -2.55. The van der Waals surface area contributed by atoms with Crippen LogP contribution in [0.3, 0.4) is 0 Å². The molecule has 2 aromatic carbocycles. The predicted octanol–water partition coefficient (Wildman–Crippen LogP) is 6.96. The normalized spacial score (nSPS) is 35.5. The fourth-order valence-corrected chi connectivity index (χ4v) is 11.7. The molecule has 11 heteroatoms. The highest BCUT2D eigenvalue weighted by atomic mass is 16.6. The molecule has 0 heterocycles. The van der Waals surface area contributed by atoms with Crippen LogP contribution in [0.25, 0.3) is 11.1 Å². The summed E-state index contributed by atoms with van der Waals surface area (Å²) in [5.41, 5.74) is -1.92. The smallest absolute Gasteiger partial charge is 0.317 e. The van der Waals surface area contributed by atoms with Crippen molar-refractivity contribution in [3.8, 4) is 22.6 Å². The fraction of sp³-hybridized carbons (Fsp3) is 0.571. The van der Waals surface area contributed by atoms with Crippen LogP contribution in [0.4, 0.5) is 11.4 Å². The topological polar surface area (TPSA) is 156 Å². The highest BCUT2D eigenvalue weighted by Crippen LogP contribution is 2.62. The van der Waals surface area contributed by atoms with Crippen LogP contribution in [0.2, 0.25) is 0 Å². The average Bonchev–Trinajstić information content (AvgIpc) is 3.24. The van der Waals surface area contributed by atoms with E-state index in [-0.39, 0.29) is 33.8 Å². The molecule has 8 fully saturated rings. The molecular formula is C35H34N2O9. The van der Waals surface area contributed by atoms with Gasteiger partial charge in [0.2, 0.25) is 11.5 Å². The van der Waals surface area contributed by atoms with Gasteiger partial charge in [-0.15, -0.1) is 0 Å². The average molecular weight is 627 g/mol. The predicted molar refractivity (Wildman–Crippen MR) is 161 cm³/mol. The van der Waals surface area contributed by atoms with Gasteiger partial charge < -0.3 is 9.47 Å². The van der Waals surface area contributed by atoms with Crippen LogP contribution in [-0.2, 0) is 9.59 Å². The van der Waals surface area contributed by atoms with Gasteiger partial charge in [-0.05, 0) is 125 Å². The summed E-state index contributed by atoms with van der Waals surface area (Å²) >= 11 is 0. The van der Waals surface area contributed by atoms with Crippen LogP contribution >= 0.6 is 0 Å². The van der Waals surface area contributed by atoms with Gasteiger partial charge in [0.25, 0.3) is 0 Å². The number of hydrogen-bond acceptors (Lipinski definition) is 9. The molecule has 8 saturated carbocycles. The van der Waals surface area contributed by atoms with Gasteiger partial charge in [-0.25, -0.2) is 0 Å². The largest absolute Gasteiger partial charge is 0.419 e. The van der Waals surface area contributed by atoms with Gasteiger partial charge in [-0.3, -0.25) is 34.6 Å². The third-order valence-corrected chi connectivity index (χ3v) is 12.7. The summed E-state index contributed by atoms with van der Waals surface area (Å²) in [4.78, 5) is 64.2. The first-order valence-corrected chi connectivity index (χ1v) is 16.6. The summed E-state index contributed by atoms with van der Waals surface area (Å²) in [5.74, 6) is 0.701. The number of rotatable bonds is 6. The second-order valence-electron chi connectivity index (χ2n) is 15.7. The van der Waals surface area contributed by atoms with E-state index in [4.69, 9.17) is 9.47 Å². The Bertz CT molecular complexity index is 1600. The number of nitrogens with zero attached hydrogens (tertiary/aromatic N) is 2. The minimum atomic E-state index is -0.666. The summed E-state index contributed by atoms with van der Waals surface area (Å²) in [6.45, 7) is 0. The molecule has 9 aliphatic carbocycles. The van der Waals surface area contributed by atoms with E-state index in [0.29, 0.717) is 35.5 Å². The number of fused-ring (bicyclic) bond motifs is 3. The maximum atomic E-state index is 13.7. The van der Waals surface area contributed by atoms with Crippen molar-refractivity contribution >= 4 is 29.1 Å². The van der Waals surface area contributed by atoms with E-state index in [2.05, 4.69) is 0 Å². The summed E-state index contributed by atoms with van der Waals surface area (Å²) in [5, 5.41) is 24.4. The van der Waals surface area contributed by atoms with Crippen LogP contribution in [0.1, 0.15) is 93.0 Å². The number of esters is 2. The van der Waals surface area contributed by atoms with Crippen molar-refractivity contribution < 1.29 is 33.7 Å². The SMILES string of the molecule is O=C1c2cc(OC(=O)C34CC5CC(CC(C5)C3)C4)c([N+](=O)[O-])cc2-c2cc([N+](=O)[O-])c(OC(=O)C34CC5CC(CC(C5)C3)C4)cc21. The number of hydrogen-bond donors (Lipinski definition) is 0. The van der Waals surface area contributed by atoms with Gasteiger partial charge in [0.05, 0.1) is 20.7 Å². The molecule has 0 N–H and O–H groups in total. The van der Waals surface area contributed by atoms with Crippen LogP contribution in [0.5, 0.6) is 11.5 Å². The van der Waals surface area contributed by atoms with Crippen molar-refractivity contribution in [1.82, 2.24) is 0 Å². The van der Waals surface area contributed by atoms with Crippen LogP contribution < -0.4 is 9.47 Å². The zero-order valence-electron chi connectivity index (χ0n) is 25.3. The van der Waals surface area contributed by atoms with E-state index in [9.17, 15) is 34.6 Å². The zero-order valence-corrected chi connectivity index (χ0v) is 25.3. The van der Waals surface area contributed by atoms with E-state index >= 15 is 0 Å². The Labute approximate surface area is 264 Å². The molecule has 8 bridgehead atoms. The van der Waals surface area contributed by atoms with Crippen molar-refractivity contribution in [2.24, 2.45) is 46.3 Å². The molecule has 0 aromatic heterocycles. The quantitative estimate of drug-likeness (QED) is 0.122.